The van der Waals surface area contributed by atoms with E-state index in [1.54, 1.807) is 0 Å². The first kappa shape index (κ1) is 7.59. The number of aromatic amines is 1. The van der Waals surface area contributed by atoms with Crippen LogP contribution in [-0.2, 0) is 22.1 Å². The molecule has 1 aromatic carbocycles. The molecular weight excluding hydrogens is 274 g/mol. The Morgan fingerprint density at radius 2 is 2.30 bits per heavy atom. The fourth-order valence-electron chi connectivity index (χ4n) is 1.73. The number of hydrogen-bond donors (Lipinski definition) is 2. The van der Waals surface area contributed by atoms with E-state index >= 15 is 0 Å². The van der Waals surface area contributed by atoms with Crippen molar-refractivity contribution >= 4 is 20.9 Å². The highest BCUT2D eigenvalue weighted by molar-refractivity contribution is 7.88. The van der Waals surface area contributed by atoms with Gasteiger partial charge in [-0.3, -0.25) is 0 Å². The van der Waals surface area contributed by atoms with Gasteiger partial charge in [0, 0.05) is 33.2 Å². The molecule has 0 atom stereocenters. The molecule has 110 valence electrons. The first-order chi connectivity index (χ1) is 12.5. The van der Waals surface area contributed by atoms with E-state index in [2.05, 4.69) is 4.98 Å². The van der Waals surface area contributed by atoms with Crippen molar-refractivity contribution in [3.05, 3.63) is 35.5 Å². The molecule has 0 bridgehead atoms. The average Bonchev–Trinajstić information content (AvgIpc) is 2.79. The number of likely N-dealkylation sites (N-methyl/N-ethyl adjacent to an activating group) is 1. The van der Waals surface area contributed by atoms with Gasteiger partial charge in [0.25, 0.3) is 0 Å². The van der Waals surface area contributed by atoms with Crippen LogP contribution in [0.5, 0.6) is 0 Å². The highest BCUT2D eigenvalue weighted by Gasteiger charge is 2.11. The van der Waals surface area contributed by atoms with Crippen LogP contribution in [0, 0.1) is 0 Å². The quantitative estimate of drug-likeness (QED) is 0.846. The zero-order chi connectivity index (χ0) is 21.7. The SMILES string of the molecule is [2H]c1[nH]c2ccc(C([2H])([2H])S(=O)(=O)NC([2H])([2H])[2H])cc2c1CC([2H])([2H])N(C)C. The van der Waals surface area contributed by atoms with Gasteiger partial charge in [-0.1, -0.05) is 6.07 Å². The zero-order valence-electron chi connectivity index (χ0n) is 19.1. The van der Waals surface area contributed by atoms with Gasteiger partial charge in [0.2, 0.25) is 10.0 Å². The lowest BCUT2D eigenvalue weighted by Gasteiger charge is -2.08. The Balaban J connectivity index is 2.58. The largest absolute Gasteiger partial charge is 0.361 e. The Hall–Kier alpha value is -1.37. The molecule has 0 saturated carbocycles. The standard InChI is InChI=1S/C14H21N3O2S/c1-15-20(18,19)10-11-4-5-14-13(8-11)12(9-16-14)6-7-17(2)3/h4-5,8-9,15-16H,6-7,10H2,1-3H3/i1D3,7D2,9D,10D2. The van der Waals surface area contributed by atoms with E-state index in [-0.39, 0.29) is 23.7 Å². The van der Waals surface area contributed by atoms with Gasteiger partial charge in [-0.25, -0.2) is 13.1 Å². The van der Waals surface area contributed by atoms with Gasteiger partial charge in [-0.2, -0.15) is 0 Å². The number of sulfonamides is 1. The van der Waals surface area contributed by atoms with Crippen LogP contribution in [0.25, 0.3) is 10.9 Å². The van der Waals surface area contributed by atoms with Crippen molar-refractivity contribution in [1.82, 2.24) is 14.6 Å². The molecule has 2 rings (SSSR count). The second-order valence-corrected chi connectivity index (χ2v) is 5.84. The third-order valence-corrected chi connectivity index (χ3v) is 3.42. The Morgan fingerprint density at radius 1 is 1.50 bits per heavy atom. The Kier molecular flexibility index (Phi) is 2.26. The first-order valence-electron chi connectivity index (χ1n) is 9.80. The number of nitrogens with one attached hydrogen (secondary N) is 2. The van der Waals surface area contributed by atoms with Crippen LogP contribution < -0.4 is 4.72 Å². The molecule has 5 nitrogen and oxygen atoms in total. The molecule has 0 aliphatic rings. The van der Waals surface area contributed by atoms with Crippen LogP contribution in [0.3, 0.4) is 0 Å². The van der Waals surface area contributed by atoms with Crippen molar-refractivity contribution in [2.75, 3.05) is 27.6 Å². The molecule has 0 fully saturated rings. The molecule has 2 aromatic rings. The van der Waals surface area contributed by atoms with Crippen LogP contribution in [-0.4, -0.2) is 45.9 Å². The third kappa shape index (κ3) is 3.59. The maximum Gasteiger partial charge on any atom is 0.215 e. The van der Waals surface area contributed by atoms with Gasteiger partial charge in [0.15, 0.2) is 0 Å². The predicted octanol–water partition coefficient (Wildman–Crippen LogP) is 1.32. The summed E-state index contributed by atoms with van der Waals surface area (Å²) in [5.41, 5.74) is -2.72. The lowest BCUT2D eigenvalue weighted by atomic mass is 10.1. The predicted molar refractivity (Wildman–Crippen MR) is 82.2 cm³/mol. The average molecular weight is 303 g/mol. The third-order valence-electron chi connectivity index (χ3n) is 2.65. The lowest BCUT2D eigenvalue weighted by molar-refractivity contribution is 0.414. The van der Waals surface area contributed by atoms with Crippen molar-refractivity contribution in [3.63, 3.8) is 0 Å². The topological polar surface area (TPSA) is 65.2 Å². The maximum absolute atomic E-state index is 12.3. The van der Waals surface area contributed by atoms with Gasteiger partial charge < -0.3 is 9.88 Å². The Bertz CT molecular complexity index is 982. The molecule has 6 heteroatoms. The Labute approximate surface area is 131 Å². The summed E-state index contributed by atoms with van der Waals surface area (Å²) in [5.74, 6) is 0. The number of hydrogen-bond acceptors (Lipinski definition) is 3. The summed E-state index contributed by atoms with van der Waals surface area (Å²) in [6, 6.07) is 3.76. The van der Waals surface area contributed by atoms with Crippen molar-refractivity contribution in [2.45, 2.75) is 12.1 Å². The molecule has 20 heavy (non-hydrogen) atoms. The van der Waals surface area contributed by atoms with E-state index in [9.17, 15) is 8.42 Å². The Morgan fingerprint density at radius 3 is 3.00 bits per heavy atom. The van der Waals surface area contributed by atoms with Crippen LogP contribution >= 0.6 is 0 Å². The second-order valence-electron chi connectivity index (χ2n) is 4.43. The van der Waals surface area contributed by atoms with Crippen molar-refractivity contribution < 1.29 is 19.4 Å². The van der Waals surface area contributed by atoms with E-state index in [1.807, 2.05) is 0 Å². The number of aryl methyl sites for hydroxylation is 1. The molecule has 0 amide bonds. The van der Waals surface area contributed by atoms with Crippen LogP contribution in [0.2, 0.25) is 0 Å². The van der Waals surface area contributed by atoms with Crippen molar-refractivity contribution in [1.29, 1.82) is 0 Å². The number of fused-ring (bicyclic) bond motifs is 1. The minimum absolute atomic E-state index is 0.0677. The summed E-state index contributed by atoms with van der Waals surface area (Å²) >= 11 is 0. The summed E-state index contributed by atoms with van der Waals surface area (Å²) < 4.78 is 87.1. The zero-order valence-corrected chi connectivity index (χ0v) is 11.9. The summed E-state index contributed by atoms with van der Waals surface area (Å²) in [5, 5.41) is 0.293. The van der Waals surface area contributed by atoms with Gasteiger partial charge in [-0.15, -0.1) is 0 Å². The van der Waals surface area contributed by atoms with Crippen LogP contribution in [0.4, 0.5) is 0 Å². The highest BCUT2D eigenvalue weighted by atomic mass is 32.2. The van der Waals surface area contributed by atoms with E-state index in [1.165, 1.54) is 41.9 Å². The van der Waals surface area contributed by atoms with E-state index in [0.29, 0.717) is 10.9 Å². The number of nitrogens with zero attached hydrogens (tertiary/aromatic N) is 1. The summed E-state index contributed by atoms with van der Waals surface area (Å²) in [6.45, 7) is -4.89. The summed E-state index contributed by atoms with van der Waals surface area (Å²) in [4.78, 5) is 4.08. The maximum atomic E-state index is 12.3. The molecule has 0 radical (unpaired) electrons. The minimum atomic E-state index is -4.91. The molecule has 0 aliphatic heterocycles. The highest BCUT2D eigenvalue weighted by Crippen LogP contribution is 2.21. The number of aromatic nitrogens is 1. The van der Waals surface area contributed by atoms with Gasteiger partial charge in [0.1, 0.15) is 0 Å². The number of rotatable bonds is 6. The van der Waals surface area contributed by atoms with Crippen LogP contribution in [0.1, 0.15) is 22.1 Å². The normalized spacial score (nSPS) is 20.4. The molecule has 0 saturated heterocycles. The van der Waals surface area contributed by atoms with Crippen molar-refractivity contribution in [3.8, 4) is 0 Å². The molecule has 0 aliphatic carbocycles. The van der Waals surface area contributed by atoms with E-state index < -0.39 is 29.2 Å². The monoisotopic (exact) mass is 303 g/mol. The molecular formula is C14H21N3O2S. The smallest absolute Gasteiger partial charge is 0.215 e. The van der Waals surface area contributed by atoms with Gasteiger partial charge >= 0.3 is 0 Å². The minimum Gasteiger partial charge on any atom is -0.361 e. The lowest BCUT2D eigenvalue weighted by Crippen LogP contribution is -2.20. The van der Waals surface area contributed by atoms with E-state index in [0.717, 1.165) is 0 Å². The number of H-pyrrole nitrogens is 1. The first-order valence-corrected chi connectivity index (χ1v) is 7.29. The fraction of sp³-hybridized carbons (Fsp3) is 0.429. The van der Waals surface area contributed by atoms with Crippen LogP contribution in [0.15, 0.2) is 24.4 Å². The molecule has 2 N–H and O–H groups in total. The molecule has 1 aromatic heterocycles. The summed E-state index contributed by atoms with van der Waals surface area (Å²) in [7, 11) is -1.84. The van der Waals surface area contributed by atoms with E-state index in [4.69, 9.17) is 11.0 Å². The second kappa shape index (κ2) is 5.95. The van der Waals surface area contributed by atoms with Gasteiger partial charge in [-0.05, 0) is 50.8 Å². The van der Waals surface area contributed by atoms with Crippen molar-refractivity contribution in [2.24, 2.45) is 0 Å². The van der Waals surface area contributed by atoms with Gasteiger partial charge in [0.05, 0.1) is 7.08 Å². The number of benzene rings is 1. The fourth-order valence-corrected chi connectivity index (χ4v) is 2.22. The summed E-state index contributed by atoms with van der Waals surface area (Å²) in [6.07, 6.45) is -0.257. The molecule has 0 unspecified atom stereocenters. The molecule has 0 spiro atoms. The molecule has 1 heterocycles.